The van der Waals surface area contributed by atoms with Crippen LogP contribution in [0.15, 0.2) is 12.3 Å². The fourth-order valence-electron chi connectivity index (χ4n) is 2.96. The molecule has 18 heavy (non-hydrogen) atoms. The monoisotopic (exact) mass is 249 g/mol. The van der Waals surface area contributed by atoms with Crippen LogP contribution < -0.4 is 0 Å². The molecule has 0 aromatic rings. The van der Waals surface area contributed by atoms with Crippen molar-refractivity contribution in [1.29, 1.82) is 0 Å². The molecule has 0 aromatic heterocycles. The minimum absolute atomic E-state index is 0.00287. The van der Waals surface area contributed by atoms with Gasteiger partial charge in [-0.05, 0) is 24.3 Å². The quantitative estimate of drug-likeness (QED) is 0.716. The van der Waals surface area contributed by atoms with Crippen LogP contribution in [0.4, 0.5) is 0 Å². The highest BCUT2D eigenvalue weighted by Crippen LogP contribution is 2.34. The number of carbonyl (C=O) groups excluding carboxylic acids is 2. The van der Waals surface area contributed by atoms with Gasteiger partial charge in [-0.15, -0.1) is 0 Å². The summed E-state index contributed by atoms with van der Waals surface area (Å²) in [5.74, 6) is 0.522. The lowest BCUT2D eigenvalue weighted by molar-refractivity contribution is -0.138. The number of nitrogens with zero attached hydrogens (tertiary/aromatic N) is 1. The average Bonchev–Trinajstić information content (AvgIpc) is 2.80. The Morgan fingerprint density at radius 3 is 2.44 bits per heavy atom. The van der Waals surface area contributed by atoms with E-state index < -0.39 is 0 Å². The van der Waals surface area contributed by atoms with Crippen LogP contribution in [0.25, 0.3) is 0 Å². The van der Waals surface area contributed by atoms with E-state index in [4.69, 9.17) is 0 Å². The predicted octanol–water partition coefficient (Wildman–Crippen LogP) is 2.91. The molecule has 1 saturated carbocycles. The molecule has 1 amide bonds. The zero-order valence-corrected chi connectivity index (χ0v) is 11.6. The van der Waals surface area contributed by atoms with Crippen molar-refractivity contribution in [2.24, 2.45) is 11.3 Å². The lowest BCUT2D eigenvalue weighted by atomic mass is 9.81. The van der Waals surface area contributed by atoms with Crippen molar-refractivity contribution in [1.82, 2.24) is 4.90 Å². The maximum absolute atomic E-state index is 12.5. The second-order valence-corrected chi connectivity index (χ2v) is 6.59. The van der Waals surface area contributed by atoms with Gasteiger partial charge < -0.3 is 4.90 Å². The molecule has 100 valence electrons. The highest BCUT2D eigenvalue weighted by Gasteiger charge is 2.38. The Labute approximate surface area is 109 Å². The average molecular weight is 249 g/mol. The Hall–Kier alpha value is -1.12. The number of hydrogen-bond acceptors (Lipinski definition) is 2. The zero-order valence-electron chi connectivity index (χ0n) is 11.6. The Morgan fingerprint density at radius 2 is 1.89 bits per heavy atom. The summed E-state index contributed by atoms with van der Waals surface area (Å²) in [6, 6.07) is 0.00287. The van der Waals surface area contributed by atoms with Gasteiger partial charge in [0.2, 0.25) is 5.91 Å². The highest BCUT2D eigenvalue weighted by atomic mass is 16.2. The van der Waals surface area contributed by atoms with Crippen molar-refractivity contribution < 1.29 is 9.59 Å². The van der Waals surface area contributed by atoms with E-state index in [0.717, 1.165) is 25.7 Å². The van der Waals surface area contributed by atoms with Gasteiger partial charge in [0, 0.05) is 24.6 Å². The maximum atomic E-state index is 12.5. The topological polar surface area (TPSA) is 37.4 Å². The standard InChI is InChI=1S/C15H23NO2/c1-15(2,3)13-10-12(17)8-9-16(13)14(18)11-6-4-5-7-11/h8-9,11,13H,4-7,10H2,1-3H3. The molecule has 1 unspecified atom stereocenters. The van der Waals surface area contributed by atoms with Crippen LogP contribution in [0, 0.1) is 11.3 Å². The van der Waals surface area contributed by atoms with Crippen LogP contribution in [0.1, 0.15) is 52.9 Å². The Bertz CT molecular complexity index is 372. The first-order valence-electron chi connectivity index (χ1n) is 6.93. The van der Waals surface area contributed by atoms with E-state index >= 15 is 0 Å². The first kappa shape index (κ1) is 13.3. The van der Waals surface area contributed by atoms with Gasteiger partial charge >= 0.3 is 0 Å². The van der Waals surface area contributed by atoms with E-state index in [2.05, 4.69) is 20.8 Å². The molecule has 3 heteroatoms. The van der Waals surface area contributed by atoms with Crippen molar-refractivity contribution in [3.05, 3.63) is 12.3 Å². The largest absolute Gasteiger partial charge is 0.315 e. The molecule has 0 saturated heterocycles. The van der Waals surface area contributed by atoms with E-state index in [1.807, 2.05) is 4.90 Å². The molecule has 1 fully saturated rings. The molecule has 1 aliphatic carbocycles. The van der Waals surface area contributed by atoms with Gasteiger partial charge in [-0.3, -0.25) is 9.59 Å². The third-order valence-electron chi connectivity index (χ3n) is 4.11. The molecule has 0 radical (unpaired) electrons. The zero-order chi connectivity index (χ0) is 13.3. The summed E-state index contributed by atoms with van der Waals surface area (Å²) in [4.78, 5) is 25.9. The van der Waals surface area contributed by atoms with Crippen LogP contribution in [0.2, 0.25) is 0 Å². The second-order valence-electron chi connectivity index (χ2n) is 6.59. The third kappa shape index (κ3) is 2.65. The number of rotatable bonds is 1. The molecular formula is C15H23NO2. The van der Waals surface area contributed by atoms with Crippen LogP contribution in [0.3, 0.4) is 0 Å². The molecular weight excluding hydrogens is 226 g/mol. The molecule has 1 atom stereocenters. The van der Waals surface area contributed by atoms with Crippen molar-refractivity contribution >= 4 is 11.7 Å². The van der Waals surface area contributed by atoms with Gasteiger partial charge in [-0.25, -0.2) is 0 Å². The minimum Gasteiger partial charge on any atom is -0.315 e. The number of amides is 1. The highest BCUT2D eigenvalue weighted by molar-refractivity contribution is 5.93. The predicted molar refractivity (Wildman–Crippen MR) is 70.8 cm³/mol. The van der Waals surface area contributed by atoms with Crippen LogP contribution in [0.5, 0.6) is 0 Å². The van der Waals surface area contributed by atoms with E-state index in [1.54, 1.807) is 12.3 Å². The maximum Gasteiger partial charge on any atom is 0.229 e. The molecule has 2 aliphatic rings. The van der Waals surface area contributed by atoms with E-state index in [-0.39, 0.29) is 29.1 Å². The number of carbonyl (C=O) groups is 2. The number of hydrogen-bond donors (Lipinski definition) is 0. The lowest BCUT2D eigenvalue weighted by Crippen LogP contribution is -2.49. The summed E-state index contributed by atoms with van der Waals surface area (Å²) in [6.45, 7) is 6.29. The molecule has 0 spiro atoms. The normalized spacial score (nSPS) is 25.8. The first-order valence-corrected chi connectivity index (χ1v) is 6.93. The number of ketones is 1. The Balaban J connectivity index is 2.19. The van der Waals surface area contributed by atoms with E-state index in [9.17, 15) is 9.59 Å². The van der Waals surface area contributed by atoms with Crippen LogP contribution in [-0.2, 0) is 9.59 Å². The van der Waals surface area contributed by atoms with Gasteiger partial charge in [0.05, 0.1) is 0 Å². The summed E-state index contributed by atoms with van der Waals surface area (Å²) >= 11 is 0. The molecule has 1 aliphatic heterocycles. The molecule has 0 aromatic carbocycles. The smallest absolute Gasteiger partial charge is 0.229 e. The SMILES string of the molecule is CC(C)(C)C1CC(=O)C=CN1C(=O)C1CCCC1. The summed E-state index contributed by atoms with van der Waals surface area (Å²) in [6.07, 6.45) is 8.05. The van der Waals surface area contributed by atoms with Crippen molar-refractivity contribution in [2.45, 2.75) is 58.9 Å². The van der Waals surface area contributed by atoms with Crippen molar-refractivity contribution in [3.8, 4) is 0 Å². The molecule has 3 nitrogen and oxygen atoms in total. The lowest BCUT2D eigenvalue weighted by Gasteiger charge is -2.40. The number of allylic oxidation sites excluding steroid dienone is 1. The second kappa shape index (κ2) is 4.87. The van der Waals surface area contributed by atoms with Crippen molar-refractivity contribution in [2.75, 3.05) is 0 Å². The summed E-state index contributed by atoms with van der Waals surface area (Å²) in [7, 11) is 0. The van der Waals surface area contributed by atoms with Gasteiger partial charge in [0.15, 0.2) is 5.78 Å². The first-order chi connectivity index (χ1) is 8.39. The van der Waals surface area contributed by atoms with Crippen molar-refractivity contribution in [3.63, 3.8) is 0 Å². The van der Waals surface area contributed by atoms with Gasteiger partial charge in [0.1, 0.15) is 0 Å². The fourth-order valence-corrected chi connectivity index (χ4v) is 2.96. The van der Waals surface area contributed by atoms with Gasteiger partial charge in [0.25, 0.3) is 0 Å². The third-order valence-corrected chi connectivity index (χ3v) is 4.11. The molecule has 1 heterocycles. The van der Waals surface area contributed by atoms with Gasteiger partial charge in [-0.1, -0.05) is 33.6 Å². The molecule has 0 N–H and O–H groups in total. The molecule has 2 rings (SSSR count). The Kier molecular flexibility index (Phi) is 3.60. The summed E-state index contributed by atoms with van der Waals surface area (Å²) in [5, 5.41) is 0. The van der Waals surface area contributed by atoms with Crippen LogP contribution >= 0.6 is 0 Å². The fraction of sp³-hybridized carbons (Fsp3) is 0.733. The van der Waals surface area contributed by atoms with Crippen LogP contribution in [-0.4, -0.2) is 22.6 Å². The van der Waals surface area contributed by atoms with Gasteiger partial charge in [-0.2, -0.15) is 0 Å². The van der Waals surface area contributed by atoms with E-state index in [0.29, 0.717) is 6.42 Å². The summed E-state index contributed by atoms with van der Waals surface area (Å²) < 4.78 is 0. The summed E-state index contributed by atoms with van der Waals surface area (Å²) in [5.41, 5.74) is -0.0608. The Morgan fingerprint density at radius 1 is 1.28 bits per heavy atom. The molecule has 0 bridgehead atoms. The van der Waals surface area contributed by atoms with E-state index in [1.165, 1.54) is 0 Å². The minimum atomic E-state index is -0.0608.